The average Bonchev–Trinajstić information content (AvgIpc) is 2.97. The van der Waals surface area contributed by atoms with Gasteiger partial charge in [-0.15, -0.1) is 0 Å². The van der Waals surface area contributed by atoms with Crippen LogP contribution in [0, 0.1) is 0 Å². The van der Waals surface area contributed by atoms with E-state index < -0.39 is 0 Å². The molecule has 2 heterocycles. The minimum atomic E-state index is 0.311. The molecule has 1 saturated heterocycles. The second-order valence-corrected chi connectivity index (χ2v) is 6.63. The number of ketones is 1. The minimum absolute atomic E-state index is 0.311. The molecule has 0 amide bonds. The summed E-state index contributed by atoms with van der Waals surface area (Å²) in [5, 5.41) is 4.64. The summed E-state index contributed by atoms with van der Waals surface area (Å²) < 4.78 is 2.10. The van der Waals surface area contributed by atoms with Crippen LogP contribution < -0.4 is 0 Å². The molecule has 4 heteroatoms. The van der Waals surface area contributed by atoms with Crippen LogP contribution in [-0.4, -0.2) is 40.1 Å². The van der Waals surface area contributed by atoms with Gasteiger partial charge in [0.25, 0.3) is 0 Å². The van der Waals surface area contributed by atoms with Gasteiger partial charge in [0.1, 0.15) is 0 Å². The Balaban J connectivity index is 1.50. The summed E-state index contributed by atoms with van der Waals surface area (Å²) in [6.45, 7) is 2.78. The first-order valence-electron chi connectivity index (χ1n) is 8.59. The van der Waals surface area contributed by atoms with Gasteiger partial charge >= 0.3 is 0 Å². The first-order valence-corrected chi connectivity index (χ1v) is 8.59. The third kappa shape index (κ3) is 4.16. The molecule has 21 heavy (non-hydrogen) atoms. The Morgan fingerprint density at radius 3 is 2.57 bits per heavy atom. The number of Topliss-reactive ketones (excluding diaryl/α,β-unsaturated/α-hetero) is 1. The van der Waals surface area contributed by atoms with E-state index in [2.05, 4.69) is 20.9 Å². The standard InChI is InChI=1S/C17H27N3O/c21-17(14-19-10-5-2-6-11-19)13-15-9-12-20(18-15)16-7-3-1-4-8-16/h9,12,16H,1-8,10-11,13-14H2. The summed E-state index contributed by atoms with van der Waals surface area (Å²) in [5.74, 6) is 0.311. The van der Waals surface area contributed by atoms with E-state index in [1.807, 2.05) is 6.07 Å². The van der Waals surface area contributed by atoms with E-state index in [1.54, 1.807) is 0 Å². The van der Waals surface area contributed by atoms with Crippen LogP contribution in [0.25, 0.3) is 0 Å². The molecule has 3 rings (SSSR count). The van der Waals surface area contributed by atoms with Gasteiger partial charge in [0.05, 0.1) is 24.7 Å². The Morgan fingerprint density at radius 1 is 1.10 bits per heavy atom. The molecule has 0 bridgehead atoms. The van der Waals surface area contributed by atoms with E-state index in [-0.39, 0.29) is 0 Å². The molecule has 2 fully saturated rings. The zero-order valence-corrected chi connectivity index (χ0v) is 13.0. The third-order valence-electron chi connectivity index (χ3n) is 4.84. The molecule has 1 saturated carbocycles. The van der Waals surface area contributed by atoms with Crippen LogP contribution in [0.4, 0.5) is 0 Å². The van der Waals surface area contributed by atoms with Crippen molar-refractivity contribution in [3.05, 3.63) is 18.0 Å². The maximum Gasteiger partial charge on any atom is 0.152 e. The number of hydrogen-bond donors (Lipinski definition) is 0. The number of piperidine rings is 1. The molecular formula is C17H27N3O. The van der Waals surface area contributed by atoms with Gasteiger partial charge in [0.15, 0.2) is 5.78 Å². The Labute approximate surface area is 127 Å². The Bertz CT molecular complexity index is 456. The molecule has 0 atom stereocenters. The van der Waals surface area contributed by atoms with Crippen LogP contribution in [0.1, 0.15) is 63.1 Å². The molecule has 0 radical (unpaired) electrons. The smallest absolute Gasteiger partial charge is 0.152 e. The lowest BCUT2D eigenvalue weighted by molar-refractivity contribution is -0.119. The maximum absolute atomic E-state index is 12.2. The lowest BCUT2D eigenvalue weighted by atomic mass is 9.96. The fourth-order valence-corrected chi connectivity index (χ4v) is 3.65. The van der Waals surface area contributed by atoms with Gasteiger partial charge in [-0.1, -0.05) is 25.7 Å². The molecule has 0 unspecified atom stereocenters. The van der Waals surface area contributed by atoms with Crippen LogP contribution >= 0.6 is 0 Å². The third-order valence-corrected chi connectivity index (χ3v) is 4.84. The molecule has 1 aromatic rings. The average molecular weight is 289 g/mol. The summed E-state index contributed by atoms with van der Waals surface area (Å²) >= 11 is 0. The number of aromatic nitrogens is 2. The molecule has 0 aromatic carbocycles. The van der Waals surface area contributed by atoms with E-state index >= 15 is 0 Å². The second-order valence-electron chi connectivity index (χ2n) is 6.63. The molecule has 0 N–H and O–H groups in total. The maximum atomic E-state index is 12.2. The van der Waals surface area contributed by atoms with Gasteiger partial charge in [0, 0.05) is 6.20 Å². The predicted molar refractivity (Wildman–Crippen MR) is 83.4 cm³/mol. The lowest BCUT2D eigenvalue weighted by Crippen LogP contribution is -2.35. The van der Waals surface area contributed by atoms with Crippen LogP contribution in [-0.2, 0) is 11.2 Å². The topological polar surface area (TPSA) is 38.1 Å². The van der Waals surface area contributed by atoms with Crippen molar-refractivity contribution in [2.24, 2.45) is 0 Å². The Kier molecular flexibility index (Phi) is 5.07. The summed E-state index contributed by atoms with van der Waals surface area (Å²) in [4.78, 5) is 14.5. The summed E-state index contributed by atoms with van der Waals surface area (Å²) in [5.41, 5.74) is 0.947. The number of nitrogens with zero attached hydrogens (tertiary/aromatic N) is 3. The van der Waals surface area contributed by atoms with Crippen molar-refractivity contribution >= 4 is 5.78 Å². The van der Waals surface area contributed by atoms with E-state index in [0.29, 0.717) is 24.8 Å². The van der Waals surface area contributed by atoms with Crippen molar-refractivity contribution in [2.75, 3.05) is 19.6 Å². The van der Waals surface area contributed by atoms with Crippen LogP contribution in [0.2, 0.25) is 0 Å². The van der Waals surface area contributed by atoms with Crippen molar-refractivity contribution in [3.63, 3.8) is 0 Å². The monoisotopic (exact) mass is 289 g/mol. The molecule has 1 aromatic heterocycles. The summed E-state index contributed by atoms with van der Waals surface area (Å²) in [6.07, 6.45) is 12.8. The van der Waals surface area contributed by atoms with Crippen molar-refractivity contribution < 1.29 is 4.79 Å². The SMILES string of the molecule is O=C(Cc1ccn(C2CCCCC2)n1)CN1CCCCC1. The number of carbonyl (C=O) groups is 1. The largest absolute Gasteiger partial charge is 0.298 e. The molecule has 2 aliphatic rings. The van der Waals surface area contributed by atoms with E-state index in [1.165, 1.54) is 51.4 Å². The van der Waals surface area contributed by atoms with E-state index in [4.69, 9.17) is 0 Å². The normalized spacial score (nSPS) is 21.5. The highest BCUT2D eigenvalue weighted by molar-refractivity contribution is 5.82. The fraction of sp³-hybridized carbons (Fsp3) is 0.765. The van der Waals surface area contributed by atoms with Gasteiger partial charge in [-0.05, 0) is 44.8 Å². The Morgan fingerprint density at radius 2 is 1.81 bits per heavy atom. The Hall–Kier alpha value is -1.16. The van der Waals surface area contributed by atoms with Crippen LogP contribution in [0.5, 0.6) is 0 Å². The van der Waals surface area contributed by atoms with Crippen molar-refractivity contribution in [2.45, 2.75) is 63.8 Å². The highest BCUT2D eigenvalue weighted by Gasteiger charge is 2.18. The van der Waals surface area contributed by atoms with Gasteiger partial charge in [-0.2, -0.15) is 5.10 Å². The first-order chi connectivity index (χ1) is 10.3. The van der Waals surface area contributed by atoms with Crippen LogP contribution in [0.15, 0.2) is 12.3 Å². The van der Waals surface area contributed by atoms with Gasteiger partial charge in [-0.25, -0.2) is 0 Å². The highest BCUT2D eigenvalue weighted by Crippen LogP contribution is 2.27. The predicted octanol–water partition coefficient (Wildman–Crippen LogP) is 2.99. The van der Waals surface area contributed by atoms with Crippen molar-refractivity contribution in [3.8, 4) is 0 Å². The molecule has 1 aliphatic carbocycles. The van der Waals surface area contributed by atoms with Gasteiger partial charge in [-0.3, -0.25) is 14.4 Å². The van der Waals surface area contributed by atoms with E-state index in [0.717, 1.165) is 18.8 Å². The number of carbonyl (C=O) groups excluding carboxylic acids is 1. The van der Waals surface area contributed by atoms with Gasteiger partial charge < -0.3 is 0 Å². The molecule has 4 nitrogen and oxygen atoms in total. The number of rotatable bonds is 5. The summed E-state index contributed by atoms with van der Waals surface area (Å²) in [7, 11) is 0. The van der Waals surface area contributed by atoms with Crippen LogP contribution in [0.3, 0.4) is 0 Å². The highest BCUT2D eigenvalue weighted by atomic mass is 16.1. The molecule has 1 aliphatic heterocycles. The minimum Gasteiger partial charge on any atom is -0.298 e. The molecule has 116 valence electrons. The van der Waals surface area contributed by atoms with E-state index in [9.17, 15) is 4.79 Å². The second kappa shape index (κ2) is 7.21. The number of hydrogen-bond acceptors (Lipinski definition) is 3. The molecule has 0 spiro atoms. The van der Waals surface area contributed by atoms with Crippen molar-refractivity contribution in [1.29, 1.82) is 0 Å². The molecular weight excluding hydrogens is 262 g/mol. The summed E-state index contributed by atoms with van der Waals surface area (Å²) in [6, 6.07) is 2.59. The number of likely N-dealkylation sites (tertiary alicyclic amines) is 1. The fourth-order valence-electron chi connectivity index (χ4n) is 3.65. The quantitative estimate of drug-likeness (QED) is 0.836. The van der Waals surface area contributed by atoms with Crippen molar-refractivity contribution in [1.82, 2.24) is 14.7 Å². The lowest BCUT2D eigenvalue weighted by Gasteiger charge is -2.25. The zero-order chi connectivity index (χ0) is 14.5. The zero-order valence-electron chi connectivity index (χ0n) is 13.0. The first kappa shape index (κ1) is 14.8. The van der Waals surface area contributed by atoms with Gasteiger partial charge in [0.2, 0.25) is 0 Å².